The summed E-state index contributed by atoms with van der Waals surface area (Å²) in [4.78, 5) is 14.8. The van der Waals surface area contributed by atoms with E-state index in [4.69, 9.17) is 32.7 Å². The topological polar surface area (TPSA) is 38.8 Å². The summed E-state index contributed by atoms with van der Waals surface area (Å²) in [5.74, 6) is 0.625. The molecule has 1 unspecified atom stereocenters. The van der Waals surface area contributed by atoms with Crippen LogP contribution in [0.25, 0.3) is 0 Å². The third-order valence-electron chi connectivity index (χ3n) is 4.81. The van der Waals surface area contributed by atoms with Gasteiger partial charge in [0.2, 0.25) is 0 Å². The number of hydrogen-bond donors (Lipinski definition) is 0. The first-order valence-electron chi connectivity index (χ1n) is 8.52. The maximum atomic E-state index is 13.0. The summed E-state index contributed by atoms with van der Waals surface area (Å²) >= 11 is 12.2. The van der Waals surface area contributed by atoms with Crippen LogP contribution in [0.2, 0.25) is 10.0 Å². The highest BCUT2D eigenvalue weighted by molar-refractivity contribution is 6.42. The molecule has 4 nitrogen and oxygen atoms in total. The molecule has 1 atom stereocenters. The summed E-state index contributed by atoms with van der Waals surface area (Å²) in [6, 6.07) is 12.7. The monoisotopic (exact) mass is 393 g/mol. The molecule has 6 heteroatoms. The van der Waals surface area contributed by atoms with E-state index in [0.29, 0.717) is 47.5 Å². The van der Waals surface area contributed by atoms with Crippen LogP contribution in [-0.4, -0.2) is 37.6 Å². The number of ether oxygens (including phenoxy) is 2. The molecule has 0 aromatic heterocycles. The highest BCUT2D eigenvalue weighted by Gasteiger charge is 2.39. The number of nitrogens with zero attached hydrogens (tertiary/aromatic N) is 1. The fourth-order valence-electron chi connectivity index (χ4n) is 3.27. The van der Waals surface area contributed by atoms with Crippen LogP contribution in [0.5, 0.6) is 5.75 Å². The molecule has 3 rings (SSSR count). The molecule has 0 N–H and O–H groups in total. The van der Waals surface area contributed by atoms with Gasteiger partial charge in [-0.05, 0) is 42.3 Å². The van der Waals surface area contributed by atoms with Crippen molar-refractivity contribution in [3.63, 3.8) is 0 Å². The van der Waals surface area contributed by atoms with Crippen molar-refractivity contribution >= 4 is 29.1 Å². The van der Waals surface area contributed by atoms with Gasteiger partial charge < -0.3 is 14.4 Å². The number of carbonyl (C=O) groups is 1. The second kappa shape index (κ2) is 7.87. The van der Waals surface area contributed by atoms with Crippen molar-refractivity contribution in [3.8, 4) is 5.75 Å². The van der Waals surface area contributed by atoms with Crippen LogP contribution >= 0.6 is 23.2 Å². The predicted molar refractivity (Wildman–Crippen MR) is 103 cm³/mol. The van der Waals surface area contributed by atoms with Gasteiger partial charge >= 0.3 is 0 Å². The lowest BCUT2D eigenvalue weighted by atomic mass is 9.89. The van der Waals surface area contributed by atoms with E-state index in [1.165, 1.54) is 0 Å². The molecular formula is C20H21Cl2NO3. The molecule has 0 bridgehead atoms. The van der Waals surface area contributed by atoms with Crippen LogP contribution < -0.4 is 4.74 Å². The summed E-state index contributed by atoms with van der Waals surface area (Å²) in [5.41, 5.74) is 0.934. The molecule has 0 radical (unpaired) electrons. The predicted octanol–water partition coefficient (Wildman–Crippen LogP) is 4.78. The third-order valence-corrected chi connectivity index (χ3v) is 5.55. The van der Waals surface area contributed by atoms with Gasteiger partial charge in [-0.25, -0.2) is 0 Å². The SMILES string of the molecule is CCC1(c2ccc(Cl)c(Cl)c2)CN(C(=O)c2cccc(OC)c2)CCO1. The van der Waals surface area contributed by atoms with E-state index in [0.717, 1.165) is 5.56 Å². The Kier molecular flexibility index (Phi) is 5.76. The first-order valence-corrected chi connectivity index (χ1v) is 9.27. The molecule has 1 aliphatic heterocycles. The van der Waals surface area contributed by atoms with Gasteiger partial charge in [-0.2, -0.15) is 0 Å². The van der Waals surface area contributed by atoms with Crippen molar-refractivity contribution in [2.24, 2.45) is 0 Å². The van der Waals surface area contributed by atoms with Crippen LogP contribution in [0.15, 0.2) is 42.5 Å². The van der Waals surface area contributed by atoms with Crippen molar-refractivity contribution in [1.82, 2.24) is 4.90 Å². The molecule has 1 aliphatic rings. The van der Waals surface area contributed by atoms with E-state index < -0.39 is 5.60 Å². The van der Waals surface area contributed by atoms with Gasteiger partial charge in [0.15, 0.2) is 0 Å². The number of halogens is 2. The Labute approximate surface area is 163 Å². The number of methoxy groups -OCH3 is 1. The first-order chi connectivity index (χ1) is 12.5. The Balaban J connectivity index is 1.88. The van der Waals surface area contributed by atoms with Gasteiger partial charge in [-0.3, -0.25) is 4.79 Å². The van der Waals surface area contributed by atoms with Gasteiger partial charge in [-0.1, -0.05) is 42.3 Å². The van der Waals surface area contributed by atoms with Crippen LogP contribution in [0.4, 0.5) is 0 Å². The lowest BCUT2D eigenvalue weighted by molar-refractivity contribution is -0.107. The number of benzene rings is 2. The van der Waals surface area contributed by atoms with Crippen LogP contribution in [0.3, 0.4) is 0 Å². The minimum absolute atomic E-state index is 0.0370. The zero-order valence-electron chi connectivity index (χ0n) is 14.8. The average Bonchev–Trinajstić information content (AvgIpc) is 2.69. The van der Waals surface area contributed by atoms with Crippen molar-refractivity contribution < 1.29 is 14.3 Å². The van der Waals surface area contributed by atoms with E-state index in [2.05, 4.69) is 0 Å². The Bertz CT molecular complexity index is 811. The van der Waals surface area contributed by atoms with Crippen LogP contribution in [-0.2, 0) is 10.3 Å². The van der Waals surface area contributed by atoms with Crippen LogP contribution in [0, 0.1) is 0 Å². The van der Waals surface area contributed by atoms with Gasteiger partial charge in [0.05, 0.1) is 30.3 Å². The minimum Gasteiger partial charge on any atom is -0.497 e. The number of hydrogen-bond acceptors (Lipinski definition) is 3. The van der Waals surface area contributed by atoms with E-state index in [9.17, 15) is 4.79 Å². The van der Waals surface area contributed by atoms with Gasteiger partial charge in [0, 0.05) is 12.1 Å². The molecule has 26 heavy (non-hydrogen) atoms. The largest absolute Gasteiger partial charge is 0.497 e. The van der Waals surface area contributed by atoms with Gasteiger partial charge in [0.1, 0.15) is 11.4 Å². The molecule has 1 fully saturated rings. The van der Waals surface area contributed by atoms with E-state index in [-0.39, 0.29) is 5.91 Å². The maximum Gasteiger partial charge on any atom is 0.254 e. The number of morpholine rings is 1. The number of amides is 1. The van der Waals surface area contributed by atoms with E-state index in [1.807, 2.05) is 36.1 Å². The first kappa shape index (κ1) is 19.0. The molecule has 2 aromatic carbocycles. The molecule has 2 aromatic rings. The Hall–Kier alpha value is -1.75. The second-order valence-electron chi connectivity index (χ2n) is 6.28. The normalized spacial score (nSPS) is 20.1. The smallest absolute Gasteiger partial charge is 0.254 e. The Morgan fingerprint density at radius 1 is 1.23 bits per heavy atom. The highest BCUT2D eigenvalue weighted by atomic mass is 35.5. The Morgan fingerprint density at radius 3 is 2.73 bits per heavy atom. The zero-order valence-corrected chi connectivity index (χ0v) is 16.3. The molecule has 1 amide bonds. The minimum atomic E-state index is -0.596. The lowest BCUT2D eigenvalue weighted by Crippen LogP contribution is -2.51. The molecule has 0 spiro atoms. The Morgan fingerprint density at radius 2 is 2.04 bits per heavy atom. The molecule has 138 valence electrons. The summed E-state index contributed by atoms with van der Waals surface area (Å²) in [7, 11) is 1.59. The third kappa shape index (κ3) is 3.68. The molecule has 1 saturated heterocycles. The molecular weight excluding hydrogens is 373 g/mol. The molecule has 1 heterocycles. The van der Waals surface area contributed by atoms with Gasteiger partial charge in [0.25, 0.3) is 5.91 Å². The van der Waals surface area contributed by atoms with E-state index in [1.54, 1.807) is 25.3 Å². The summed E-state index contributed by atoms with van der Waals surface area (Å²) < 4.78 is 11.4. The van der Waals surface area contributed by atoms with Crippen molar-refractivity contribution in [3.05, 3.63) is 63.6 Å². The fourth-order valence-corrected chi connectivity index (χ4v) is 3.57. The highest BCUT2D eigenvalue weighted by Crippen LogP contribution is 2.36. The van der Waals surface area contributed by atoms with E-state index >= 15 is 0 Å². The zero-order chi connectivity index (χ0) is 18.7. The summed E-state index contributed by atoms with van der Waals surface area (Å²) in [6.07, 6.45) is 0.715. The summed E-state index contributed by atoms with van der Waals surface area (Å²) in [6.45, 7) is 3.50. The standard InChI is InChI=1S/C20H21Cl2NO3/c1-3-20(15-7-8-17(21)18(22)12-15)13-23(9-10-26-20)19(24)14-5-4-6-16(11-14)25-2/h4-8,11-12H,3,9-10,13H2,1-2H3. The quantitative estimate of drug-likeness (QED) is 0.749. The van der Waals surface area contributed by atoms with Crippen molar-refractivity contribution in [2.45, 2.75) is 18.9 Å². The second-order valence-corrected chi connectivity index (χ2v) is 7.10. The molecule has 0 saturated carbocycles. The fraction of sp³-hybridized carbons (Fsp3) is 0.350. The van der Waals surface area contributed by atoms with Crippen LogP contribution in [0.1, 0.15) is 29.3 Å². The number of rotatable bonds is 4. The molecule has 0 aliphatic carbocycles. The van der Waals surface area contributed by atoms with Crippen molar-refractivity contribution in [2.75, 3.05) is 26.8 Å². The average molecular weight is 394 g/mol. The maximum absolute atomic E-state index is 13.0. The summed E-state index contributed by atoms with van der Waals surface area (Å²) in [5, 5.41) is 0.985. The number of carbonyl (C=O) groups excluding carboxylic acids is 1. The lowest BCUT2D eigenvalue weighted by Gasteiger charge is -2.43. The van der Waals surface area contributed by atoms with Gasteiger partial charge in [-0.15, -0.1) is 0 Å². The van der Waals surface area contributed by atoms with Crippen molar-refractivity contribution in [1.29, 1.82) is 0 Å².